The van der Waals surface area contributed by atoms with E-state index in [1.165, 1.54) is 7.11 Å². The van der Waals surface area contributed by atoms with E-state index in [4.69, 9.17) is 4.74 Å². The van der Waals surface area contributed by atoms with Crippen LogP contribution >= 0.6 is 11.8 Å². The van der Waals surface area contributed by atoms with Crippen molar-refractivity contribution >= 4 is 40.6 Å². The normalized spacial score (nSPS) is 15.1. The zero-order valence-corrected chi connectivity index (χ0v) is 16.1. The van der Waals surface area contributed by atoms with Crippen LogP contribution in [-0.2, 0) is 9.53 Å². The molecule has 1 aliphatic rings. The first kappa shape index (κ1) is 19.5. The van der Waals surface area contributed by atoms with Crippen molar-refractivity contribution in [2.75, 3.05) is 26.2 Å². The predicted molar refractivity (Wildman–Crippen MR) is 107 cm³/mol. The van der Waals surface area contributed by atoms with E-state index >= 15 is 0 Å². The molecular formula is C20H18N2O5S. The molecule has 1 N–H and O–H groups in total. The molecule has 1 aliphatic heterocycles. The number of carbonyl (C=O) groups excluding carboxylic acids is 3. The lowest BCUT2D eigenvalue weighted by Crippen LogP contribution is -2.33. The van der Waals surface area contributed by atoms with Gasteiger partial charge in [0.15, 0.2) is 0 Å². The third-order valence-corrected chi connectivity index (χ3v) is 4.95. The number of carbonyl (C=O) groups is 3. The second-order valence-corrected chi connectivity index (χ2v) is 6.75. The van der Waals surface area contributed by atoms with Crippen molar-refractivity contribution in [3.05, 3.63) is 64.6 Å². The molecular weight excluding hydrogens is 380 g/mol. The van der Waals surface area contributed by atoms with Gasteiger partial charge in [-0.1, -0.05) is 24.3 Å². The molecule has 0 saturated carbocycles. The maximum Gasteiger partial charge on any atom is 0.337 e. The molecule has 0 radical (unpaired) electrons. The summed E-state index contributed by atoms with van der Waals surface area (Å²) in [5.41, 5.74) is 1.80. The van der Waals surface area contributed by atoms with Crippen LogP contribution in [-0.4, -0.2) is 42.9 Å². The number of anilines is 1. The van der Waals surface area contributed by atoms with Crippen LogP contribution in [0.4, 0.5) is 10.5 Å². The van der Waals surface area contributed by atoms with E-state index in [0.29, 0.717) is 27.5 Å². The van der Waals surface area contributed by atoms with Crippen LogP contribution in [0.2, 0.25) is 0 Å². The number of hydrogen-bond donors (Lipinski definition) is 1. The highest BCUT2D eigenvalue weighted by molar-refractivity contribution is 8.18. The molecule has 1 fully saturated rings. The monoisotopic (exact) mass is 398 g/mol. The standard InChI is InChI=1S/C20H18N2O5S/c1-26-16-6-4-3-5-15(16)21-12-22-18(23)17(28-20(22)25)11-13-7-9-14(10-8-13)19(24)27-2/h3-11,21H,12H2,1-2H3. The van der Waals surface area contributed by atoms with Crippen molar-refractivity contribution in [2.45, 2.75) is 0 Å². The van der Waals surface area contributed by atoms with Gasteiger partial charge in [0.2, 0.25) is 0 Å². The summed E-state index contributed by atoms with van der Waals surface area (Å²) in [4.78, 5) is 37.8. The Balaban J connectivity index is 1.70. The summed E-state index contributed by atoms with van der Waals surface area (Å²) in [5.74, 6) is -0.195. The largest absolute Gasteiger partial charge is 0.495 e. The Labute approximate surface area is 166 Å². The Morgan fingerprint density at radius 2 is 1.82 bits per heavy atom. The summed E-state index contributed by atoms with van der Waals surface area (Å²) >= 11 is 0.872. The molecule has 0 aromatic heterocycles. The first-order chi connectivity index (χ1) is 13.5. The van der Waals surface area contributed by atoms with Gasteiger partial charge in [-0.15, -0.1) is 0 Å². The van der Waals surface area contributed by atoms with Crippen molar-refractivity contribution in [1.29, 1.82) is 0 Å². The highest BCUT2D eigenvalue weighted by Crippen LogP contribution is 2.32. The Morgan fingerprint density at radius 1 is 1.11 bits per heavy atom. The van der Waals surface area contributed by atoms with Gasteiger partial charge in [0.25, 0.3) is 11.1 Å². The summed E-state index contributed by atoms with van der Waals surface area (Å²) in [6, 6.07) is 13.8. The SMILES string of the molecule is COC(=O)c1ccc(C=C2SC(=O)N(CNc3ccccc3OC)C2=O)cc1. The van der Waals surface area contributed by atoms with Gasteiger partial charge in [0.05, 0.1) is 37.0 Å². The van der Waals surface area contributed by atoms with Gasteiger partial charge in [0.1, 0.15) is 5.75 Å². The first-order valence-corrected chi connectivity index (χ1v) is 9.15. The molecule has 0 spiro atoms. The second kappa shape index (κ2) is 8.62. The fourth-order valence-corrected chi connectivity index (χ4v) is 3.41. The second-order valence-electron chi connectivity index (χ2n) is 5.76. The molecule has 1 heterocycles. The number of para-hydroxylation sites is 2. The highest BCUT2D eigenvalue weighted by atomic mass is 32.2. The molecule has 0 bridgehead atoms. The zero-order chi connectivity index (χ0) is 20.1. The summed E-state index contributed by atoms with van der Waals surface area (Å²) in [5, 5.41) is 2.69. The van der Waals surface area contributed by atoms with Gasteiger partial charge in [-0.2, -0.15) is 0 Å². The van der Waals surface area contributed by atoms with E-state index in [-0.39, 0.29) is 17.8 Å². The average Bonchev–Trinajstić information content (AvgIpc) is 2.99. The summed E-state index contributed by atoms with van der Waals surface area (Å²) < 4.78 is 9.90. The Hall–Kier alpha value is -3.26. The van der Waals surface area contributed by atoms with Gasteiger partial charge in [0, 0.05) is 0 Å². The third-order valence-electron chi connectivity index (χ3n) is 4.04. The van der Waals surface area contributed by atoms with Crippen LogP contribution in [0.25, 0.3) is 6.08 Å². The number of hydrogen-bond acceptors (Lipinski definition) is 7. The predicted octanol–water partition coefficient (Wildman–Crippen LogP) is 3.59. The molecule has 0 aliphatic carbocycles. The Bertz CT molecular complexity index is 940. The maximum absolute atomic E-state index is 12.6. The quantitative estimate of drug-likeness (QED) is 0.588. The number of rotatable bonds is 6. The van der Waals surface area contributed by atoms with Crippen LogP contribution in [0.3, 0.4) is 0 Å². The molecule has 2 aromatic rings. The van der Waals surface area contributed by atoms with E-state index in [0.717, 1.165) is 16.7 Å². The molecule has 7 nitrogen and oxygen atoms in total. The van der Waals surface area contributed by atoms with Gasteiger partial charge in [-0.25, -0.2) is 4.79 Å². The average molecular weight is 398 g/mol. The number of ether oxygens (including phenoxy) is 2. The van der Waals surface area contributed by atoms with Crippen molar-refractivity contribution in [3.8, 4) is 5.75 Å². The van der Waals surface area contributed by atoms with Crippen LogP contribution in [0.5, 0.6) is 5.75 Å². The lowest BCUT2D eigenvalue weighted by atomic mass is 10.1. The van der Waals surface area contributed by atoms with Gasteiger partial charge in [-0.3, -0.25) is 14.5 Å². The number of nitrogens with one attached hydrogen (secondary N) is 1. The minimum absolute atomic E-state index is 0.0314. The van der Waals surface area contributed by atoms with Gasteiger partial charge in [-0.05, 0) is 47.7 Å². The molecule has 28 heavy (non-hydrogen) atoms. The van der Waals surface area contributed by atoms with E-state index in [1.54, 1.807) is 49.6 Å². The van der Waals surface area contributed by atoms with E-state index < -0.39 is 5.97 Å². The molecule has 2 amide bonds. The smallest absolute Gasteiger partial charge is 0.337 e. The molecule has 2 aromatic carbocycles. The third kappa shape index (κ3) is 4.17. The van der Waals surface area contributed by atoms with Crippen molar-refractivity contribution in [2.24, 2.45) is 0 Å². The van der Waals surface area contributed by atoms with E-state index in [1.807, 2.05) is 12.1 Å². The molecule has 144 valence electrons. The molecule has 8 heteroatoms. The van der Waals surface area contributed by atoms with Crippen molar-refractivity contribution in [3.63, 3.8) is 0 Å². The lowest BCUT2D eigenvalue weighted by molar-refractivity contribution is -0.122. The molecule has 1 saturated heterocycles. The Morgan fingerprint density at radius 3 is 2.50 bits per heavy atom. The number of esters is 1. The van der Waals surface area contributed by atoms with Gasteiger partial charge < -0.3 is 14.8 Å². The molecule has 0 atom stereocenters. The maximum atomic E-state index is 12.6. The summed E-state index contributed by atoms with van der Waals surface area (Å²) in [6.45, 7) is 0.0314. The summed E-state index contributed by atoms with van der Waals surface area (Å²) in [7, 11) is 2.86. The zero-order valence-electron chi connectivity index (χ0n) is 15.3. The topological polar surface area (TPSA) is 84.9 Å². The van der Waals surface area contributed by atoms with Gasteiger partial charge >= 0.3 is 5.97 Å². The van der Waals surface area contributed by atoms with Crippen molar-refractivity contribution < 1.29 is 23.9 Å². The van der Waals surface area contributed by atoms with Crippen LogP contribution in [0.1, 0.15) is 15.9 Å². The van der Waals surface area contributed by atoms with Crippen LogP contribution < -0.4 is 10.1 Å². The fraction of sp³-hybridized carbons (Fsp3) is 0.150. The van der Waals surface area contributed by atoms with Crippen LogP contribution in [0.15, 0.2) is 53.4 Å². The number of imide groups is 1. The first-order valence-electron chi connectivity index (χ1n) is 8.34. The minimum Gasteiger partial charge on any atom is -0.495 e. The number of benzene rings is 2. The van der Waals surface area contributed by atoms with E-state index in [2.05, 4.69) is 10.1 Å². The van der Waals surface area contributed by atoms with E-state index in [9.17, 15) is 14.4 Å². The fourth-order valence-electron chi connectivity index (χ4n) is 2.58. The summed E-state index contributed by atoms with van der Waals surface area (Å²) in [6.07, 6.45) is 1.62. The number of thioether (sulfide) groups is 1. The molecule has 3 rings (SSSR count). The van der Waals surface area contributed by atoms with Crippen LogP contribution in [0, 0.1) is 0 Å². The molecule has 0 unspecified atom stereocenters. The number of amides is 2. The number of methoxy groups -OCH3 is 2. The number of nitrogens with zero attached hydrogens (tertiary/aromatic N) is 1. The minimum atomic E-state index is -0.436. The van der Waals surface area contributed by atoms with Crippen molar-refractivity contribution in [1.82, 2.24) is 4.90 Å². The Kier molecular flexibility index (Phi) is 6.00. The highest BCUT2D eigenvalue weighted by Gasteiger charge is 2.34. The lowest BCUT2D eigenvalue weighted by Gasteiger charge is -2.16.